The quantitative estimate of drug-likeness (QED) is 0.157. The monoisotopic (exact) mass is 554 g/mol. The number of amides is 3. The first-order valence-corrected chi connectivity index (χ1v) is 11.4. The zero-order valence-electron chi connectivity index (χ0n) is 18.3. The van der Waals surface area contributed by atoms with E-state index in [0.717, 1.165) is 4.47 Å². The number of ether oxygens (including phenoxy) is 1. The van der Waals surface area contributed by atoms with Gasteiger partial charge in [-0.3, -0.25) is 14.4 Å². The summed E-state index contributed by atoms with van der Waals surface area (Å²) in [5, 5.41) is 9.51. The number of para-hydroxylation sites is 1. The fourth-order valence-corrected chi connectivity index (χ4v) is 3.32. The van der Waals surface area contributed by atoms with Gasteiger partial charge in [0.1, 0.15) is 12.4 Å². The lowest BCUT2D eigenvalue weighted by atomic mass is 10.1. The molecule has 0 aliphatic rings. The summed E-state index contributed by atoms with van der Waals surface area (Å²) in [6.45, 7) is 3.90. The summed E-state index contributed by atoms with van der Waals surface area (Å²) in [5.41, 5.74) is 3.60. The Balaban J connectivity index is 1.65. The van der Waals surface area contributed by atoms with Crippen LogP contribution in [-0.4, -0.2) is 30.5 Å². The molecule has 0 atom stereocenters. The molecule has 0 bridgehead atoms. The lowest BCUT2D eigenvalue weighted by molar-refractivity contribution is -0.136. The highest BCUT2D eigenvalue weighted by molar-refractivity contribution is 9.10. The largest absolute Gasteiger partial charge is 0.489 e. The zero-order valence-corrected chi connectivity index (χ0v) is 20.6. The fraction of sp³-hybridized carbons (Fsp3) is 0.0400. The van der Waals surface area contributed by atoms with Crippen LogP contribution in [0.15, 0.2) is 89.0 Å². The van der Waals surface area contributed by atoms with Crippen LogP contribution in [-0.2, 0) is 9.59 Å². The molecule has 35 heavy (non-hydrogen) atoms. The van der Waals surface area contributed by atoms with Crippen LogP contribution in [0.25, 0.3) is 0 Å². The van der Waals surface area contributed by atoms with Crippen LogP contribution in [0.5, 0.6) is 5.75 Å². The lowest BCUT2D eigenvalue weighted by Gasteiger charge is -2.11. The number of benzene rings is 3. The van der Waals surface area contributed by atoms with Crippen LogP contribution in [0, 0.1) is 0 Å². The number of carbonyl (C=O) groups excluding carboxylic acids is 3. The summed E-state index contributed by atoms with van der Waals surface area (Å²) in [5.74, 6) is -1.96. The molecule has 3 N–H and O–H groups in total. The summed E-state index contributed by atoms with van der Waals surface area (Å²) in [4.78, 5) is 37.4. The first kappa shape index (κ1) is 25.7. The molecule has 0 aliphatic heterocycles. The normalized spacial score (nSPS) is 10.5. The summed E-state index contributed by atoms with van der Waals surface area (Å²) >= 11 is 9.22. The predicted molar refractivity (Wildman–Crippen MR) is 140 cm³/mol. The van der Waals surface area contributed by atoms with Gasteiger partial charge in [-0.15, -0.1) is 0 Å². The third kappa shape index (κ3) is 7.53. The summed E-state index contributed by atoms with van der Waals surface area (Å²) in [6, 6.07) is 18.1. The number of halogens is 2. The van der Waals surface area contributed by atoms with E-state index in [9.17, 15) is 14.4 Å². The van der Waals surface area contributed by atoms with Crippen LogP contribution in [0.2, 0.25) is 5.02 Å². The van der Waals surface area contributed by atoms with Crippen LogP contribution >= 0.6 is 27.5 Å². The Hall–Kier alpha value is -3.95. The van der Waals surface area contributed by atoms with E-state index in [1.807, 2.05) is 0 Å². The Kier molecular flexibility index (Phi) is 9.16. The minimum Gasteiger partial charge on any atom is -0.489 e. The molecule has 3 amide bonds. The standard InChI is InChI=1S/C25H20BrClN4O4/c1-2-13-35-22-12-7-17(26)14-16(22)15-28-31-25(34)24(33)30-21-6-4-3-5-20(21)23(32)29-19-10-8-18(27)9-11-19/h2-12,14-15H,1,13H2,(H,29,32)(H,30,33)(H,31,34). The minimum absolute atomic E-state index is 0.162. The average molecular weight is 556 g/mol. The molecule has 0 unspecified atom stereocenters. The molecule has 10 heteroatoms. The molecule has 0 spiro atoms. The van der Waals surface area contributed by atoms with Crippen LogP contribution in [0.1, 0.15) is 15.9 Å². The van der Waals surface area contributed by atoms with Gasteiger partial charge in [-0.05, 0) is 54.6 Å². The molecule has 0 fully saturated rings. The number of nitrogens with one attached hydrogen (secondary N) is 3. The summed E-state index contributed by atoms with van der Waals surface area (Å²) < 4.78 is 6.32. The molecule has 0 radical (unpaired) electrons. The Morgan fingerprint density at radius 2 is 1.74 bits per heavy atom. The Morgan fingerprint density at radius 3 is 2.49 bits per heavy atom. The molecular formula is C25H20BrClN4O4. The van der Waals surface area contributed by atoms with E-state index in [2.05, 4.69) is 43.7 Å². The third-order valence-corrected chi connectivity index (χ3v) is 5.17. The Morgan fingerprint density at radius 1 is 1.00 bits per heavy atom. The Labute approximate surface area is 215 Å². The maximum Gasteiger partial charge on any atom is 0.329 e. The van der Waals surface area contributed by atoms with Crippen molar-refractivity contribution in [2.75, 3.05) is 17.2 Å². The number of anilines is 2. The molecule has 8 nitrogen and oxygen atoms in total. The number of hydrazone groups is 1. The molecule has 0 heterocycles. The minimum atomic E-state index is -1.02. The topological polar surface area (TPSA) is 109 Å². The fourth-order valence-electron chi connectivity index (χ4n) is 2.81. The first-order valence-electron chi connectivity index (χ1n) is 10.2. The van der Waals surface area contributed by atoms with Gasteiger partial charge < -0.3 is 15.4 Å². The van der Waals surface area contributed by atoms with E-state index in [0.29, 0.717) is 28.6 Å². The highest BCUT2D eigenvalue weighted by Gasteiger charge is 2.18. The van der Waals surface area contributed by atoms with Gasteiger partial charge in [-0.25, -0.2) is 5.43 Å². The molecule has 0 saturated heterocycles. The lowest BCUT2D eigenvalue weighted by Crippen LogP contribution is -2.33. The second kappa shape index (κ2) is 12.5. The van der Waals surface area contributed by atoms with E-state index in [-0.39, 0.29) is 11.3 Å². The van der Waals surface area contributed by atoms with Crippen molar-refractivity contribution in [3.8, 4) is 5.75 Å². The van der Waals surface area contributed by atoms with Crippen molar-refractivity contribution in [3.05, 3.63) is 100 Å². The van der Waals surface area contributed by atoms with Gasteiger partial charge in [-0.2, -0.15) is 5.10 Å². The highest BCUT2D eigenvalue weighted by atomic mass is 79.9. The molecule has 0 aliphatic carbocycles. The molecule has 3 aromatic rings. The van der Waals surface area contributed by atoms with Gasteiger partial charge in [0.15, 0.2) is 0 Å². The molecule has 178 valence electrons. The van der Waals surface area contributed by atoms with E-state index in [1.165, 1.54) is 18.3 Å². The van der Waals surface area contributed by atoms with Gasteiger partial charge in [0.25, 0.3) is 5.91 Å². The second-order valence-corrected chi connectivity index (χ2v) is 8.29. The number of nitrogens with zero attached hydrogens (tertiary/aromatic N) is 1. The van der Waals surface area contributed by atoms with Crippen molar-refractivity contribution in [3.63, 3.8) is 0 Å². The van der Waals surface area contributed by atoms with Crippen molar-refractivity contribution < 1.29 is 19.1 Å². The zero-order chi connectivity index (χ0) is 25.2. The smallest absolute Gasteiger partial charge is 0.329 e. The van der Waals surface area contributed by atoms with Crippen LogP contribution in [0.3, 0.4) is 0 Å². The SMILES string of the molecule is C=CCOc1ccc(Br)cc1C=NNC(=O)C(=O)Nc1ccccc1C(=O)Nc1ccc(Cl)cc1. The molecule has 0 saturated carbocycles. The summed E-state index contributed by atoms with van der Waals surface area (Å²) in [7, 11) is 0. The second-order valence-electron chi connectivity index (χ2n) is 6.94. The maximum atomic E-state index is 12.7. The predicted octanol–water partition coefficient (Wildman–Crippen LogP) is 5.01. The van der Waals surface area contributed by atoms with Gasteiger partial charge in [0.05, 0.1) is 17.5 Å². The van der Waals surface area contributed by atoms with Gasteiger partial charge in [-0.1, -0.05) is 52.3 Å². The number of rotatable bonds is 8. The number of carbonyl (C=O) groups is 3. The molecule has 0 aromatic heterocycles. The molecule has 3 rings (SSSR count). The van der Waals surface area contributed by atoms with E-state index in [4.69, 9.17) is 16.3 Å². The van der Waals surface area contributed by atoms with E-state index in [1.54, 1.807) is 60.7 Å². The van der Waals surface area contributed by atoms with E-state index < -0.39 is 17.7 Å². The van der Waals surface area contributed by atoms with Crippen molar-refractivity contribution in [2.24, 2.45) is 5.10 Å². The number of hydrogen-bond acceptors (Lipinski definition) is 5. The average Bonchev–Trinajstić information content (AvgIpc) is 2.85. The van der Waals surface area contributed by atoms with E-state index >= 15 is 0 Å². The van der Waals surface area contributed by atoms with Gasteiger partial charge >= 0.3 is 11.8 Å². The van der Waals surface area contributed by atoms with Crippen molar-refractivity contribution in [1.29, 1.82) is 0 Å². The first-order chi connectivity index (χ1) is 16.9. The van der Waals surface area contributed by atoms with Gasteiger partial charge in [0.2, 0.25) is 0 Å². The molecular weight excluding hydrogens is 536 g/mol. The summed E-state index contributed by atoms with van der Waals surface area (Å²) in [6.07, 6.45) is 2.95. The number of hydrogen-bond donors (Lipinski definition) is 3. The maximum absolute atomic E-state index is 12.7. The Bertz CT molecular complexity index is 1280. The third-order valence-electron chi connectivity index (χ3n) is 4.43. The van der Waals surface area contributed by atoms with Gasteiger partial charge in [0, 0.05) is 20.7 Å². The van der Waals surface area contributed by atoms with Crippen LogP contribution in [0.4, 0.5) is 11.4 Å². The van der Waals surface area contributed by atoms with Crippen LogP contribution < -0.4 is 20.8 Å². The van der Waals surface area contributed by atoms with Crippen molar-refractivity contribution in [1.82, 2.24) is 5.43 Å². The highest BCUT2D eigenvalue weighted by Crippen LogP contribution is 2.22. The molecule has 3 aromatic carbocycles. The van der Waals surface area contributed by atoms with Crippen molar-refractivity contribution >= 4 is 62.8 Å². The van der Waals surface area contributed by atoms with Crippen molar-refractivity contribution in [2.45, 2.75) is 0 Å².